The number of aromatic nitrogens is 2. The van der Waals surface area contributed by atoms with Gasteiger partial charge in [-0.1, -0.05) is 72.8 Å². The summed E-state index contributed by atoms with van der Waals surface area (Å²) in [6, 6.07) is 23.2. The Balaban J connectivity index is 1.83. The van der Waals surface area contributed by atoms with Crippen LogP contribution >= 0.6 is 0 Å². The fraction of sp³-hybridized carbons (Fsp3) is 0.111. The molecule has 0 saturated heterocycles. The van der Waals surface area contributed by atoms with E-state index in [1.165, 1.54) is 6.07 Å². The number of alkyl halides is 3. The number of esters is 1. The zero-order valence-electron chi connectivity index (χ0n) is 18.1. The maximum absolute atomic E-state index is 14.2. The molecule has 0 unspecified atom stereocenters. The van der Waals surface area contributed by atoms with Crippen molar-refractivity contribution in [2.24, 2.45) is 0 Å². The summed E-state index contributed by atoms with van der Waals surface area (Å²) in [7, 11) is 0. The first-order chi connectivity index (χ1) is 16.4. The van der Waals surface area contributed by atoms with E-state index in [9.17, 15) is 18.0 Å². The first kappa shape index (κ1) is 21.7. The van der Waals surface area contributed by atoms with Gasteiger partial charge < -0.3 is 9.72 Å². The van der Waals surface area contributed by atoms with E-state index in [1.54, 1.807) is 37.3 Å². The van der Waals surface area contributed by atoms with E-state index < -0.39 is 17.8 Å². The van der Waals surface area contributed by atoms with Crippen LogP contribution in [0.15, 0.2) is 78.9 Å². The lowest BCUT2D eigenvalue weighted by Crippen LogP contribution is -2.09. The minimum absolute atomic E-state index is 0.0343. The number of ether oxygens (including phenoxy) is 1. The van der Waals surface area contributed by atoms with E-state index in [1.807, 2.05) is 42.5 Å². The minimum Gasteiger partial charge on any atom is -0.461 e. The van der Waals surface area contributed by atoms with Crippen molar-refractivity contribution in [3.63, 3.8) is 0 Å². The average Bonchev–Trinajstić information content (AvgIpc) is 3.25. The van der Waals surface area contributed by atoms with Crippen LogP contribution in [-0.2, 0) is 10.9 Å². The molecule has 0 aliphatic carbocycles. The fourth-order valence-electron chi connectivity index (χ4n) is 4.21. The number of halogens is 3. The normalized spacial score (nSPS) is 11.8. The zero-order valence-corrected chi connectivity index (χ0v) is 18.1. The topological polar surface area (TPSA) is 55.0 Å². The van der Waals surface area contributed by atoms with E-state index in [-0.39, 0.29) is 34.3 Å². The molecule has 0 amide bonds. The summed E-state index contributed by atoms with van der Waals surface area (Å²) in [6.07, 6.45) is -4.73. The number of hydrogen-bond donors (Lipinski definition) is 1. The first-order valence-corrected chi connectivity index (χ1v) is 10.7. The van der Waals surface area contributed by atoms with Crippen molar-refractivity contribution in [2.45, 2.75) is 13.1 Å². The SMILES string of the molecule is CCOC(=O)c1[nH]c2c(c(C(F)(F)F)nc3ccccc32)c1-c1ccc(-c2ccccc2)cc1. The van der Waals surface area contributed by atoms with Gasteiger partial charge in [0.15, 0.2) is 5.69 Å². The number of aromatic amines is 1. The molecule has 2 aromatic heterocycles. The summed E-state index contributed by atoms with van der Waals surface area (Å²) < 4.78 is 47.8. The summed E-state index contributed by atoms with van der Waals surface area (Å²) in [6.45, 7) is 1.73. The molecule has 0 spiro atoms. The number of H-pyrrole nitrogens is 1. The van der Waals surface area contributed by atoms with Crippen molar-refractivity contribution in [1.82, 2.24) is 9.97 Å². The minimum atomic E-state index is -4.73. The van der Waals surface area contributed by atoms with Crippen LogP contribution in [0.4, 0.5) is 13.2 Å². The predicted octanol–water partition coefficient (Wildman–Crippen LogP) is 7.25. The second kappa shape index (κ2) is 8.33. The van der Waals surface area contributed by atoms with Crippen LogP contribution in [0.2, 0.25) is 0 Å². The largest absolute Gasteiger partial charge is 0.461 e. The number of para-hydroxylation sites is 1. The Morgan fingerprint density at radius 3 is 2.18 bits per heavy atom. The molecule has 7 heteroatoms. The number of nitrogens with zero attached hydrogens (tertiary/aromatic N) is 1. The third-order valence-electron chi connectivity index (χ3n) is 5.67. The van der Waals surface area contributed by atoms with Gasteiger partial charge in [-0.2, -0.15) is 13.2 Å². The molecule has 5 aromatic rings. The van der Waals surface area contributed by atoms with Gasteiger partial charge in [0.1, 0.15) is 5.69 Å². The number of carbonyl (C=O) groups excluding carboxylic acids is 1. The summed E-state index contributed by atoms with van der Waals surface area (Å²) in [5, 5.41) is 0.338. The number of carbonyl (C=O) groups is 1. The van der Waals surface area contributed by atoms with Crippen LogP contribution in [-0.4, -0.2) is 22.5 Å². The maximum Gasteiger partial charge on any atom is 0.434 e. The lowest BCUT2D eigenvalue weighted by atomic mass is 9.96. The van der Waals surface area contributed by atoms with E-state index in [0.29, 0.717) is 10.9 Å². The highest BCUT2D eigenvalue weighted by molar-refractivity contribution is 6.16. The molecule has 0 radical (unpaired) electrons. The molecular formula is C27H19F3N2O2. The molecule has 1 N–H and O–H groups in total. The number of fused-ring (bicyclic) bond motifs is 3. The van der Waals surface area contributed by atoms with Gasteiger partial charge in [0.05, 0.1) is 17.6 Å². The lowest BCUT2D eigenvalue weighted by Gasteiger charge is -2.12. The van der Waals surface area contributed by atoms with E-state index >= 15 is 0 Å². The number of hydrogen-bond acceptors (Lipinski definition) is 3. The number of nitrogens with one attached hydrogen (secondary N) is 1. The highest BCUT2D eigenvalue weighted by Crippen LogP contribution is 2.43. The summed E-state index contributed by atoms with van der Waals surface area (Å²) in [5.41, 5.74) is 1.76. The Kier molecular flexibility index (Phi) is 5.32. The molecule has 0 aliphatic rings. The molecule has 0 saturated carbocycles. The Hall–Kier alpha value is -4.13. The molecule has 0 fully saturated rings. The molecule has 34 heavy (non-hydrogen) atoms. The summed E-state index contributed by atoms with van der Waals surface area (Å²) >= 11 is 0. The van der Waals surface area contributed by atoms with E-state index in [2.05, 4.69) is 9.97 Å². The summed E-state index contributed by atoms with van der Waals surface area (Å²) in [4.78, 5) is 19.7. The van der Waals surface area contributed by atoms with Gasteiger partial charge in [-0.25, -0.2) is 9.78 Å². The van der Waals surface area contributed by atoms with Crippen LogP contribution in [0.25, 0.3) is 44.1 Å². The number of rotatable bonds is 4. The molecule has 2 heterocycles. The Labute approximate surface area is 193 Å². The van der Waals surface area contributed by atoms with Crippen LogP contribution < -0.4 is 0 Å². The van der Waals surface area contributed by atoms with E-state index in [4.69, 9.17) is 4.74 Å². The van der Waals surface area contributed by atoms with Crippen molar-refractivity contribution < 1.29 is 22.7 Å². The molecule has 0 atom stereocenters. The van der Waals surface area contributed by atoms with Gasteiger partial charge in [-0.3, -0.25) is 0 Å². The van der Waals surface area contributed by atoms with Gasteiger partial charge in [0.25, 0.3) is 0 Å². The second-order valence-electron chi connectivity index (χ2n) is 7.76. The molecule has 170 valence electrons. The van der Waals surface area contributed by atoms with Crippen molar-refractivity contribution in [3.05, 3.63) is 90.3 Å². The van der Waals surface area contributed by atoms with Crippen LogP contribution in [0.5, 0.6) is 0 Å². The van der Waals surface area contributed by atoms with Crippen molar-refractivity contribution in [3.8, 4) is 22.3 Å². The third kappa shape index (κ3) is 3.69. The number of pyridine rings is 1. The predicted molar refractivity (Wildman–Crippen MR) is 125 cm³/mol. The summed E-state index contributed by atoms with van der Waals surface area (Å²) in [5.74, 6) is -0.724. The molecule has 5 rings (SSSR count). The fourth-order valence-corrected chi connectivity index (χ4v) is 4.21. The van der Waals surface area contributed by atoms with Gasteiger partial charge in [-0.05, 0) is 29.7 Å². The highest BCUT2D eigenvalue weighted by Gasteiger charge is 2.38. The third-order valence-corrected chi connectivity index (χ3v) is 5.67. The zero-order chi connectivity index (χ0) is 23.9. The van der Waals surface area contributed by atoms with Crippen molar-refractivity contribution >= 4 is 27.8 Å². The lowest BCUT2D eigenvalue weighted by molar-refractivity contribution is -0.139. The van der Waals surface area contributed by atoms with Gasteiger partial charge in [0, 0.05) is 16.3 Å². The molecule has 0 aliphatic heterocycles. The highest BCUT2D eigenvalue weighted by atomic mass is 19.4. The number of benzene rings is 3. The van der Waals surface area contributed by atoms with Crippen LogP contribution in [0.1, 0.15) is 23.1 Å². The Morgan fingerprint density at radius 1 is 0.882 bits per heavy atom. The smallest absolute Gasteiger partial charge is 0.434 e. The molecule has 3 aromatic carbocycles. The molecule has 4 nitrogen and oxygen atoms in total. The maximum atomic E-state index is 14.2. The standard InChI is InChI=1S/C27H19F3N2O2/c1-2-34-26(33)24-21(18-14-12-17(13-15-18)16-8-4-3-5-9-16)22-23(32-24)19-10-6-7-11-20(19)31-25(22)27(28,29)30/h3-15,32H,2H2,1H3. The quantitative estimate of drug-likeness (QED) is 0.288. The first-order valence-electron chi connectivity index (χ1n) is 10.7. The van der Waals surface area contributed by atoms with Crippen LogP contribution in [0.3, 0.4) is 0 Å². The average molecular weight is 460 g/mol. The second-order valence-corrected chi connectivity index (χ2v) is 7.76. The van der Waals surface area contributed by atoms with Crippen LogP contribution in [0, 0.1) is 0 Å². The molecule has 0 bridgehead atoms. The molecular weight excluding hydrogens is 441 g/mol. The Bertz CT molecular complexity index is 1510. The van der Waals surface area contributed by atoms with Crippen molar-refractivity contribution in [2.75, 3.05) is 6.61 Å². The monoisotopic (exact) mass is 460 g/mol. The van der Waals surface area contributed by atoms with E-state index in [0.717, 1.165) is 11.1 Å². The van der Waals surface area contributed by atoms with Crippen molar-refractivity contribution in [1.29, 1.82) is 0 Å². The Morgan fingerprint density at radius 2 is 1.50 bits per heavy atom. The van der Waals surface area contributed by atoms with Gasteiger partial charge >= 0.3 is 12.1 Å². The van der Waals surface area contributed by atoms with Gasteiger partial charge in [0.2, 0.25) is 0 Å². The van der Waals surface area contributed by atoms with Gasteiger partial charge in [-0.15, -0.1) is 0 Å².